The van der Waals surface area contributed by atoms with Crippen LogP contribution in [0.3, 0.4) is 0 Å². The number of aromatic nitrogens is 6. The van der Waals surface area contributed by atoms with Crippen LogP contribution in [0.1, 0.15) is 52.1 Å². The highest BCUT2D eigenvalue weighted by atomic mass is 32.2. The molecule has 1 fully saturated rings. The molecule has 16 heteroatoms. The number of nitrogens with zero attached hydrogens (tertiary/aromatic N) is 7. The van der Waals surface area contributed by atoms with E-state index in [-0.39, 0.29) is 40.9 Å². The molecule has 3 heterocycles. The highest BCUT2D eigenvalue weighted by Crippen LogP contribution is 2.52. The van der Waals surface area contributed by atoms with Crippen molar-refractivity contribution in [3.8, 4) is 5.69 Å². The van der Waals surface area contributed by atoms with E-state index in [1.165, 1.54) is 27.4 Å². The quantitative estimate of drug-likeness (QED) is 0.214. The van der Waals surface area contributed by atoms with Crippen LogP contribution in [0.25, 0.3) is 11.8 Å². The highest BCUT2D eigenvalue weighted by Gasteiger charge is 2.52. The first-order chi connectivity index (χ1) is 20.3. The number of aryl methyl sites for hydroxylation is 1. The van der Waals surface area contributed by atoms with Gasteiger partial charge in [-0.15, -0.1) is 16.4 Å². The zero-order chi connectivity index (χ0) is 30.7. The van der Waals surface area contributed by atoms with E-state index in [2.05, 4.69) is 20.2 Å². The van der Waals surface area contributed by atoms with Crippen molar-refractivity contribution in [1.82, 2.24) is 33.8 Å². The molecule has 43 heavy (non-hydrogen) atoms. The second kappa shape index (κ2) is 10.4. The number of hydrogen-bond acceptors (Lipinski definition) is 8. The summed E-state index contributed by atoms with van der Waals surface area (Å²) in [6.07, 6.45) is 1.36. The summed E-state index contributed by atoms with van der Waals surface area (Å²) in [5, 5.41) is 7.75. The third-order valence-corrected chi connectivity index (χ3v) is 10.8. The van der Waals surface area contributed by atoms with Gasteiger partial charge in [0.2, 0.25) is 5.78 Å². The van der Waals surface area contributed by atoms with Gasteiger partial charge in [-0.05, 0) is 61.6 Å². The zero-order valence-corrected chi connectivity index (χ0v) is 24.5. The SMILES string of the molecule is CCN([C@H]1CCC2=Cc3c(cnn3-c3ccc(F)cc3)C[C@]2(C(=O)c2ncc(C(F)(F)F)s2)C1)S(=O)(=O)c1ncn(C)n1. The van der Waals surface area contributed by atoms with Crippen LogP contribution in [-0.2, 0) is 29.7 Å². The lowest BCUT2D eigenvalue weighted by molar-refractivity contribution is -0.134. The maximum absolute atomic E-state index is 14.3. The number of sulfonamides is 1. The molecule has 0 N–H and O–H groups in total. The Balaban J connectivity index is 1.44. The summed E-state index contributed by atoms with van der Waals surface area (Å²) in [6, 6.07) is 5.06. The van der Waals surface area contributed by atoms with Crippen molar-refractivity contribution in [2.45, 2.75) is 50.0 Å². The minimum absolute atomic E-state index is 0.0136. The first-order valence-corrected chi connectivity index (χ1v) is 15.6. The van der Waals surface area contributed by atoms with E-state index in [1.54, 1.807) is 43.1 Å². The predicted molar refractivity (Wildman–Crippen MR) is 147 cm³/mol. The number of thiazole rings is 1. The van der Waals surface area contributed by atoms with Crippen molar-refractivity contribution in [3.05, 3.63) is 75.5 Å². The van der Waals surface area contributed by atoms with Crippen molar-refractivity contribution < 1.29 is 30.8 Å². The van der Waals surface area contributed by atoms with E-state index in [0.717, 1.165) is 0 Å². The Labute approximate surface area is 247 Å². The first-order valence-electron chi connectivity index (χ1n) is 13.3. The average Bonchev–Trinajstić information content (AvgIpc) is 3.72. The lowest BCUT2D eigenvalue weighted by atomic mass is 9.61. The Morgan fingerprint density at radius 2 is 1.93 bits per heavy atom. The largest absolute Gasteiger partial charge is 0.427 e. The van der Waals surface area contributed by atoms with Gasteiger partial charge in [-0.3, -0.25) is 9.48 Å². The van der Waals surface area contributed by atoms with Crippen molar-refractivity contribution in [2.24, 2.45) is 12.5 Å². The fraction of sp³-hybridized carbons (Fsp3) is 0.370. The molecule has 1 aromatic carbocycles. The lowest BCUT2D eigenvalue weighted by Gasteiger charge is -2.45. The van der Waals surface area contributed by atoms with Gasteiger partial charge >= 0.3 is 6.18 Å². The predicted octanol–water partition coefficient (Wildman–Crippen LogP) is 4.69. The zero-order valence-electron chi connectivity index (χ0n) is 22.9. The molecule has 0 bridgehead atoms. The van der Waals surface area contributed by atoms with Gasteiger partial charge in [-0.2, -0.15) is 22.6 Å². The van der Waals surface area contributed by atoms with E-state index in [9.17, 15) is 30.8 Å². The maximum Gasteiger partial charge on any atom is 0.427 e. The molecule has 0 radical (unpaired) electrons. The topological polar surface area (TPSA) is 116 Å². The number of allylic oxidation sites excluding steroid dienone is 1. The second-order valence-electron chi connectivity index (χ2n) is 10.5. The Bertz CT molecular complexity index is 1840. The van der Waals surface area contributed by atoms with Crippen LogP contribution in [0.4, 0.5) is 17.6 Å². The third-order valence-electron chi connectivity index (χ3n) is 7.96. The summed E-state index contributed by atoms with van der Waals surface area (Å²) in [5.74, 6) is -1.02. The van der Waals surface area contributed by atoms with E-state index in [0.29, 0.717) is 41.6 Å². The number of carbonyl (C=O) groups excluding carboxylic acids is 1. The van der Waals surface area contributed by atoms with Gasteiger partial charge in [0.15, 0.2) is 5.01 Å². The smallest absolute Gasteiger partial charge is 0.290 e. The normalized spacial score (nSPS) is 20.5. The highest BCUT2D eigenvalue weighted by molar-refractivity contribution is 7.89. The molecule has 2 aliphatic carbocycles. The Hall–Kier alpha value is -3.76. The van der Waals surface area contributed by atoms with Crippen LogP contribution in [0.5, 0.6) is 0 Å². The summed E-state index contributed by atoms with van der Waals surface area (Å²) in [7, 11) is -2.60. The molecular formula is C27H25F4N7O3S2. The van der Waals surface area contributed by atoms with E-state index >= 15 is 0 Å². The minimum atomic E-state index is -4.67. The van der Waals surface area contributed by atoms with Gasteiger partial charge in [0, 0.05) is 19.6 Å². The first kappa shape index (κ1) is 29.3. The van der Waals surface area contributed by atoms with Crippen LogP contribution in [0.2, 0.25) is 0 Å². The molecule has 0 amide bonds. The van der Waals surface area contributed by atoms with Gasteiger partial charge in [0.1, 0.15) is 17.0 Å². The lowest BCUT2D eigenvalue weighted by Crippen LogP contribution is -2.50. The number of halogens is 4. The maximum atomic E-state index is 14.3. The van der Waals surface area contributed by atoms with Crippen LogP contribution >= 0.6 is 11.3 Å². The molecule has 10 nitrogen and oxygen atoms in total. The standard InChI is InChI=1S/C27H25F4N7O3S2/c1-3-37(43(40,41)25-33-15-36(2)35-25)20-7-4-17-10-21-16(13-34-38(21)19-8-5-18(28)6-9-19)11-26(17,12-20)23(39)24-32-14-22(42-24)27(29,30)31/h5-6,8-10,13-15,20H,3-4,7,11-12H2,1-2H3/t20-,26-/m0/s1. The molecule has 4 aromatic rings. The van der Waals surface area contributed by atoms with Gasteiger partial charge in [0.05, 0.1) is 29.2 Å². The van der Waals surface area contributed by atoms with Crippen LogP contribution in [0.15, 0.2) is 53.7 Å². The molecule has 2 atom stereocenters. The Morgan fingerprint density at radius 1 is 1.19 bits per heavy atom. The molecule has 0 aliphatic heterocycles. The van der Waals surface area contributed by atoms with Gasteiger partial charge in [-0.25, -0.2) is 27.5 Å². The Morgan fingerprint density at radius 3 is 2.56 bits per heavy atom. The number of benzene rings is 1. The average molecular weight is 636 g/mol. The number of alkyl halides is 3. The molecule has 6 rings (SSSR count). The summed E-state index contributed by atoms with van der Waals surface area (Å²) >= 11 is 0.274. The fourth-order valence-electron chi connectivity index (χ4n) is 6.00. The van der Waals surface area contributed by atoms with Crippen molar-refractivity contribution in [2.75, 3.05) is 6.54 Å². The summed E-state index contributed by atoms with van der Waals surface area (Å²) in [5.41, 5.74) is 1.18. The third kappa shape index (κ3) is 5.00. The molecule has 226 valence electrons. The number of fused-ring (bicyclic) bond motifs is 2. The van der Waals surface area contributed by atoms with Crippen LogP contribution < -0.4 is 0 Å². The summed E-state index contributed by atoms with van der Waals surface area (Å²) in [4.78, 5) is 21.1. The van der Waals surface area contributed by atoms with Crippen LogP contribution in [0, 0.1) is 11.2 Å². The number of carbonyl (C=O) groups is 1. The monoisotopic (exact) mass is 635 g/mol. The molecule has 0 saturated heterocycles. The minimum Gasteiger partial charge on any atom is -0.290 e. The van der Waals surface area contributed by atoms with Crippen molar-refractivity contribution in [3.63, 3.8) is 0 Å². The number of ketones is 1. The number of hydrogen-bond donors (Lipinski definition) is 0. The van der Waals surface area contributed by atoms with Crippen molar-refractivity contribution >= 4 is 33.2 Å². The molecule has 2 aliphatic rings. The molecule has 0 spiro atoms. The Kier molecular flexibility index (Phi) is 7.12. The second-order valence-corrected chi connectivity index (χ2v) is 13.3. The fourth-order valence-corrected chi connectivity index (χ4v) is 8.36. The van der Waals surface area contributed by atoms with Crippen LogP contribution in [-0.4, -0.2) is 60.6 Å². The van der Waals surface area contributed by atoms with E-state index in [4.69, 9.17) is 0 Å². The molecular weight excluding hydrogens is 610 g/mol. The number of Topliss-reactive ketones (excluding diaryl/α,β-unsaturated/α-hetero) is 1. The van der Waals surface area contributed by atoms with E-state index < -0.39 is 44.1 Å². The summed E-state index contributed by atoms with van der Waals surface area (Å²) in [6.45, 7) is 1.74. The van der Waals surface area contributed by atoms with Gasteiger partial charge in [-0.1, -0.05) is 12.5 Å². The van der Waals surface area contributed by atoms with Crippen molar-refractivity contribution in [1.29, 1.82) is 0 Å². The van der Waals surface area contributed by atoms with Gasteiger partial charge < -0.3 is 0 Å². The number of rotatable bonds is 7. The van der Waals surface area contributed by atoms with Gasteiger partial charge in [0.25, 0.3) is 15.2 Å². The van der Waals surface area contributed by atoms with E-state index in [1.807, 2.05) is 0 Å². The molecule has 0 unspecified atom stereocenters. The molecule has 3 aromatic heterocycles. The summed E-state index contributed by atoms with van der Waals surface area (Å²) < 4.78 is 85.3. The molecule has 1 saturated carbocycles.